The summed E-state index contributed by atoms with van der Waals surface area (Å²) in [5.41, 5.74) is 2.86. The van der Waals surface area contributed by atoms with Crippen LogP contribution in [0.15, 0.2) is 67.0 Å². The number of pyridine rings is 1. The van der Waals surface area contributed by atoms with Crippen LogP contribution in [0.4, 0.5) is 0 Å². The van der Waals surface area contributed by atoms with Crippen LogP contribution >= 0.6 is 11.6 Å². The summed E-state index contributed by atoms with van der Waals surface area (Å²) in [5.74, 6) is -0.848. The molecule has 0 saturated carbocycles. The van der Waals surface area contributed by atoms with Crippen molar-refractivity contribution in [1.82, 2.24) is 9.55 Å². The number of methoxy groups -OCH3 is 1. The number of carboxylic acid groups (broad SMARTS) is 1. The average Bonchev–Trinajstić information content (AvgIpc) is 3.37. The fraction of sp³-hybridized carbons (Fsp3) is 0.436. The lowest BCUT2D eigenvalue weighted by atomic mass is 10.1. The summed E-state index contributed by atoms with van der Waals surface area (Å²) in [4.78, 5) is 39.8. The highest BCUT2D eigenvalue weighted by atomic mass is 35.5. The molecule has 0 fully saturated rings. The van der Waals surface area contributed by atoms with E-state index in [1.165, 1.54) is 55.9 Å². The Labute approximate surface area is 295 Å². The number of carbonyl (C=O) groups excluding carboxylic acids is 2. The van der Waals surface area contributed by atoms with Crippen molar-refractivity contribution in [2.75, 3.05) is 20.3 Å². The van der Waals surface area contributed by atoms with E-state index in [9.17, 15) is 19.5 Å². The van der Waals surface area contributed by atoms with Gasteiger partial charge in [-0.1, -0.05) is 76.3 Å². The van der Waals surface area contributed by atoms with Gasteiger partial charge >= 0.3 is 11.9 Å². The molecule has 0 aliphatic rings. The number of aliphatic hydroxyl groups is 1. The van der Waals surface area contributed by atoms with E-state index in [2.05, 4.69) is 11.9 Å². The van der Waals surface area contributed by atoms with Gasteiger partial charge in [0, 0.05) is 40.7 Å². The van der Waals surface area contributed by atoms with Gasteiger partial charge in [0.15, 0.2) is 0 Å². The molecular weight excluding hydrogens is 644 g/mol. The molecule has 49 heavy (non-hydrogen) atoms. The second-order valence-corrected chi connectivity index (χ2v) is 12.0. The fourth-order valence-electron chi connectivity index (χ4n) is 5.27. The van der Waals surface area contributed by atoms with Crippen molar-refractivity contribution in [3.8, 4) is 5.75 Å². The minimum atomic E-state index is -0.955. The normalized spacial score (nSPS) is 10.4. The van der Waals surface area contributed by atoms with Gasteiger partial charge in [-0.25, -0.2) is 4.79 Å². The predicted octanol–water partition coefficient (Wildman–Crippen LogP) is 9.09. The summed E-state index contributed by atoms with van der Waals surface area (Å²) in [6.45, 7) is 6.45. The minimum Gasteiger partial charge on any atom is -0.497 e. The van der Waals surface area contributed by atoms with E-state index in [0.717, 1.165) is 12.8 Å². The van der Waals surface area contributed by atoms with Gasteiger partial charge in [0.05, 0.1) is 31.2 Å². The number of halogens is 1. The number of nitrogens with zero attached hydrogens (tertiary/aromatic N) is 2. The zero-order valence-electron chi connectivity index (χ0n) is 29.3. The number of aliphatic hydroxyl groups excluding tert-OH is 1. The zero-order chi connectivity index (χ0) is 36.0. The Morgan fingerprint density at radius 2 is 1.47 bits per heavy atom. The molecule has 0 saturated heterocycles. The van der Waals surface area contributed by atoms with Crippen LogP contribution in [0.1, 0.15) is 110 Å². The molecule has 2 aromatic carbocycles. The number of ether oxygens (including phenoxy) is 2. The summed E-state index contributed by atoms with van der Waals surface area (Å²) in [5, 5.41) is 18.0. The molecular formula is C39H51ClN2O7. The van der Waals surface area contributed by atoms with E-state index < -0.39 is 5.97 Å². The minimum absolute atomic E-state index is 0.170. The second-order valence-electron chi connectivity index (χ2n) is 11.5. The molecule has 0 radical (unpaired) electrons. The average molecular weight is 695 g/mol. The number of fused-ring (bicyclic) bond motifs is 1. The molecule has 0 bridgehead atoms. The maximum absolute atomic E-state index is 13.0. The van der Waals surface area contributed by atoms with Crippen LogP contribution in [-0.4, -0.2) is 57.9 Å². The summed E-state index contributed by atoms with van der Waals surface area (Å²) in [7, 11) is 1.54. The van der Waals surface area contributed by atoms with Gasteiger partial charge < -0.3 is 19.7 Å². The number of hydrogen-bond acceptors (Lipinski definition) is 7. The Bertz CT molecular complexity index is 1570. The molecule has 0 aliphatic carbocycles. The maximum atomic E-state index is 13.0. The molecule has 266 valence electrons. The number of esters is 1. The van der Waals surface area contributed by atoms with E-state index in [1.807, 2.05) is 0 Å². The SMILES string of the molecule is CCCCCCCCCCCCOC(=O)c1cccnc1.CCO.COc1ccc2c(c1)c(CC(=O)O)c(C)n2C(=O)c1ccc(Cl)cc1. The number of unbranched alkanes of at least 4 members (excludes halogenated alkanes) is 9. The monoisotopic (exact) mass is 694 g/mol. The molecule has 9 nitrogen and oxygen atoms in total. The third kappa shape index (κ3) is 14.0. The molecule has 10 heteroatoms. The van der Waals surface area contributed by atoms with Crippen LogP contribution in [0.3, 0.4) is 0 Å². The molecule has 0 atom stereocenters. The van der Waals surface area contributed by atoms with Crippen molar-refractivity contribution in [3.05, 3.63) is 94.4 Å². The van der Waals surface area contributed by atoms with Gasteiger partial charge in [-0.05, 0) is 80.4 Å². The molecule has 0 spiro atoms. The van der Waals surface area contributed by atoms with Crippen LogP contribution in [0.2, 0.25) is 5.02 Å². The topological polar surface area (TPSA) is 128 Å². The molecule has 2 heterocycles. The van der Waals surface area contributed by atoms with E-state index in [-0.39, 0.29) is 24.9 Å². The van der Waals surface area contributed by atoms with Gasteiger partial charge in [-0.2, -0.15) is 0 Å². The Morgan fingerprint density at radius 3 is 2.02 bits per heavy atom. The molecule has 2 aromatic heterocycles. The van der Waals surface area contributed by atoms with Gasteiger partial charge in [-0.15, -0.1) is 0 Å². The number of carboxylic acids is 1. The van der Waals surface area contributed by atoms with Crippen molar-refractivity contribution in [2.45, 2.75) is 91.4 Å². The first-order valence-corrected chi connectivity index (χ1v) is 17.4. The third-order valence-electron chi connectivity index (χ3n) is 7.79. The number of rotatable bonds is 16. The standard InChI is InChI=1S/C19H16ClNO4.C18H29NO2.C2H6O/c1-11-15(10-18(22)23)16-9-14(25-2)7-8-17(16)21(11)19(24)12-3-5-13(20)6-4-12;1-2-3-4-5-6-7-8-9-10-11-15-21-18(20)17-13-12-14-19-16-17;1-2-3/h3-9H,10H2,1-2H3,(H,22,23);12-14,16H,2-11,15H2,1H3;3H,2H2,1H3. The Morgan fingerprint density at radius 1 is 0.857 bits per heavy atom. The summed E-state index contributed by atoms with van der Waals surface area (Å²) in [6.07, 6.45) is 15.9. The largest absolute Gasteiger partial charge is 0.497 e. The van der Waals surface area contributed by atoms with Crippen molar-refractivity contribution >= 4 is 40.3 Å². The first kappa shape index (κ1) is 41.0. The van der Waals surface area contributed by atoms with Crippen LogP contribution in [-0.2, 0) is 16.0 Å². The van der Waals surface area contributed by atoms with Crippen molar-refractivity contribution < 1.29 is 34.1 Å². The molecule has 0 aliphatic heterocycles. The van der Waals surface area contributed by atoms with Crippen LogP contribution in [0.25, 0.3) is 10.9 Å². The smallest absolute Gasteiger partial charge is 0.339 e. The molecule has 4 rings (SSSR count). The number of hydrogen-bond donors (Lipinski definition) is 2. The number of benzene rings is 2. The summed E-state index contributed by atoms with van der Waals surface area (Å²) >= 11 is 5.89. The molecule has 4 aromatic rings. The van der Waals surface area contributed by atoms with E-state index in [1.54, 1.807) is 87.9 Å². The highest BCUT2D eigenvalue weighted by Crippen LogP contribution is 2.31. The quantitative estimate of drug-likeness (QED) is 0.0878. The Kier molecular flexibility index (Phi) is 19.4. The highest BCUT2D eigenvalue weighted by molar-refractivity contribution is 6.30. The van der Waals surface area contributed by atoms with Crippen LogP contribution < -0.4 is 4.74 Å². The molecule has 0 unspecified atom stereocenters. The van der Waals surface area contributed by atoms with E-state index >= 15 is 0 Å². The Balaban J connectivity index is 0.000000320. The number of carbonyl (C=O) groups is 3. The lowest BCUT2D eigenvalue weighted by molar-refractivity contribution is -0.136. The zero-order valence-corrected chi connectivity index (χ0v) is 30.0. The van der Waals surface area contributed by atoms with Gasteiger partial charge in [0.25, 0.3) is 5.91 Å². The highest BCUT2D eigenvalue weighted by Gasteiger charge is 2.21. The van der Waals surface area contributed by atoms with Crippen LogP contribution in [0, 0.1) is 6.92 Å². The van der Waals surface area contributed by atoms with Crippen molar-refractivity contribution in [1.29, 1.82) is 0 Å². The van der Waals surface area contributed by atoms with E-state index in [0.29, 0.717) is 50.7 Å². The number of aromatic nitrogens is 2. The number of aliphatic carboxylic acids is 1. The lowest BCUT2D eigenvalue weighted by Gasteiger charge is -2.08. The first-order chi connectivity index (χ1) is 23.7. The Hall–Kier alpha value is -4.21. The summed E-state index contributed by atoms with van der Waals surface area (Å²) in [6, 6.07) is 15.3. The molecule has 2 N–H and O–H groups in total. The van der Waals surface area contributed by atoms with Crippen molar-refractivity contribution in [3.63, 3.8) is 0 Å². The fourth-order valence-corrected chi connectivity index (χ4v) is 5.39. The van der Waals surface area contributed by atoms with Crippen molar-refractivity contribution in [2.24, 2.45) is 0 Å². The second kappa shape index (κ2) is 23.2. The van der Waals surface area contributed by atoms with Gasteiger partial charge in [0.2, 0.25) is 0 Å². The van der Waals surface area contributed by atoms with Gasteiger partial charge in [-0.3, -0.25) is 19.1 Å². The maximum Gasteiger partial charge on any atom is 0.339 e. The first-order valence-electron chi connectivity index (χ1n) is 17.1. The van der Waals surface area contributed by atoms with E-state index in [4.69, 9.17) is 26.2 Å². The van der Waals surface area contributed by atoms with Crippen LogP contribution in [0.5, 0.6) is 5.75 Å². The molecule has 0 amide bonds. The third-order valence-corrected chi connectivity index (χ3v) is 8.04. The predicted molar refractivity (Wildman–Crippen MR) is 195 cm³/mol. The van der Waals surface area contributed by atoms with Gasteiger partial charge in [0.1, 0.15) is 5.75 Å². The lowest BCUT2D eigenvalue weighted by Crippen LogP contribution is -2.14. The summed E-state index contributed by atoms with van der Waals surface area (Å²) < 4.78 is 12.0.